The van der Waals surface area contributed by atoms with Gasteiger partial charge in [0.15, 0.2) is 0 Å². The van der Waals surface area contributed by atoms with E-state index < -0.39 is 37.1 Å². The first-order valence-electron chi connectivity index (χ1n) is 5.50. The summed E-state index contributed by atoms with van der Waals surface area (Å²) < 4.78 is 35.7. The minimum absolute atomic E-state index is 0.421. The molecule has 2 atom stereocenters. The second-order valence-electron chi connectivity index (χ2n) is 4.41. The number of likely N-dealkylation sites (N-methyl/N-ethyl adjacent to an activating group) is 1. The van der Waals surface area contributed by atoms with Crippen LogP contribution in [0.15, 0.2) is 0 Å². The molecule has 2 unspecified atom stereocenters. The van der Waals surface area contributed by atoms with E-state index in [0.29, 0.717) is 19.5 Å². The fraction of sp³-hybridized carbons (Fsp3) is 0.900. The van der Waals surface area contributed by atoms with Gasteiger partial charge in [-0.2, -0.15) is 13.2 Å². The second kappa shape index (κ2) is 5.68. The summed E-state index contributed by atoms with van der Waals surface area (Å²) in [6.45, 7) is 1.13. The monoisotopic (exact) mass is 254 g/mol. The summed E-state index contributed by atoms with van der Waals surface area (Å²) in [6, 6.07) is -0.438. The predicted octanol–water partition coefficient (Wildman–Crippen LogP) is 0.510. The van der Waals surface area contributed by atoms with Gasteiger partial charge in [-0.3, -0.25) is 4.79 Å². The SMILES string of the molecule is CN1CCC(NC(=O)CCC(F)(F)F)C(O)C1. The van der Waals surface area contributed by atoms with Crippen molar-refractivity contribution in [3.63, 3.8) is 0 Å². The van der Waals surface area contributed by atoms with Crippen molar-refractivity contribution in [3.05, 3.63) is 0 Å². The van der Waals surface area contributed by atoms with Crippen molar-refractivity contribution in [2.75, 3.05) is 20.1 Å². The van der Waals surface area contributed by atoms with Crippen molar-refractivity contribution in [3.8, 4) is 0 Å². The highest BCUT2D eigenvalue weighted by Gasteiger charge is 2.30. The molecule has 0 saturated carbocycles. The number of nitrogens with one attached hydrogen (secondary N) is 1. The lowest BCUT2D eigenvalue weighted by Gasteiger charge is -2.34. The Morgan fingerprint density at radius 3 is 2.71 bits per heavy atom. The van der Waals surface area contributed by atoms with Crippen molar-refractivity contribution in [1.82, 2.24) is 10.2 Å². The van der Waals surface area contributed by atoms with Gasteiger partial charge in [0, 0.05) is 13.0 Å². The molecule has 0 spiro atoms. The van der Waals surface area contributed by atoms with Crippen molar-refractivity contribution in [2.24, 2.45) is 0 Å². The molecule has 0 aliphatic carbocycles. The molecule has 1 heterocycles. The summed E-state index contributed by atoms with van der Waals surface area (Å²) in [6.07, 6.45) is -6.19. The van der Waals surface area contributed by atoms with Crippen LogP contribution in [0.25, 0.3) is 0 Å². The number of aliphatic hydroxyl groups is 1. The lowest BCUT2D eigenvalue weighted by atomic mass is 10.0. The molecule has 0 radical (unpaired) electrons. The van der Waals surface area contributed by atoms with E-state index in [1.54, 1.807) is 0 Å². The van der Waals surface area contributed by atoms with Crippen LogP contribution in [-0.4, -0.2) is 54.4 Å². The number of hydrogen-bond donors (Lipinski definition) is 2. The third-order valence-corrected chi connectivity index (χ3v) is 2.77. The molecular weight excluding hydrogens is 237 g/mol. The number of aliphatic hydroxyl groups excluding tert-OH is 1. The summed E-state index contributed by atoms with van der Waals surface area (Å²) in [5.74, 6) is -0.657. The Hall–Kier alpha value is -0.820. The Morgan fingerprint density at radius 2 is 2.18 bits per heavy atom. The van der Waals surface area contributed by atoms with Gasteiger partial charge < -0.3 is 15.3 Å². The van der Waals surface area contributed by atoms with Gasteiger partial charge >= 0.3 is 6.18 Å². The van der Waals surface area contributed by atoms with Gasteiger partial charge in [-0.05, 0) is 20.0 Å². The number of alkyl halides is 3. The number of halogens is 3. The molecule has 0 aromatic heterocycles. The Balaban J connectivity index is 2.31. The first kappa shape index (κ1) is 14.2. The predicted molar refractivity (Wildman–Crippen MR) is 55.3 cm³/mol. The van der Waals surface area contributed by atoms with Gasteiger partial charge in [0.1, 0.15) is 0 Å². The van der Waals surface area contributed by atoms with Crippen LogP contribution in [0, 0.1) is 0 Å². The molecule has 0 bridgehead atoms. The van der Waals surface area contributed by atoms with Gasteiger partial charge in [0.2, 0.25) is 5.91 Å². The van der Waals surface area contributed by atoms with Crippen LogP contribution in [0.1, 0.15) is 19.3 Å². The molecule has 2 N–H and O–H groups in total. The van der Waals surface area contributed by atoms with Crippen molar-refractivity contribution >= 4 is 5.91 Å². The molecule has 1 aliphatic rings. The molecule has 1 aliphatic heterocycles. The number of likely N-dealkylation sites (tertiary alicyclic amines) is 1. The molecule has 100 valence electrons. The standard InChI is InChI=1S/C10H17F3N2O2/c1-15-5-3-7(8(16)6-15)14-9(17)2-4-10(11,12)13/h7-8,16H,2-6H2,1H3,(H,14,17). The fourth-order valence-corrected chi connectivity index (χ4v) is 1.79. The number of nitrogens with zero attached hydrogens (tertiary/aromatic N) is 1. The van der Waals surface area contributed by atoms with Gasteiger partial charge in [0.05, 0.1) is 18.6 Å². The van der Waals surface area contributed by atoms with Crippen LogP contribution >= 0.6 is 0 Å². The number of carbonyl (C=O) groups excluding carboxylic acids is 1. The Morgan fingerprint density at radius 1 is 1.53 bits per heavy atom. The van der Waals surface area contributed by atoms with E-state index in [2.05, 4.69) is 5.32 Å². The van der Waals surface area contributed by atoms with E-state index in [9.17, 15) is 23.1 Å². The van der Waals surface area contributed by atoms with E-state index >= 15 is 0 Å². The average molecular weight is 254 g/mol. The zero-order chi connectivity index (χ0) is 13.1. The quantitative estimate of drug-likeness (QED) is 0.771. The minimum Gasteiger partial charge on any atom is -0.390 e. The second-order valence-corrected chi connectivity index (χ2v) is 4.41. The molecule has 1 amide bonds. The van der Waals surface area contributed by atoms with Crippen molar-refractivity contribution < 1.29 is 23.1 Å². The first-order chi connectivity index (χ1) is 7.78. The number of rotatable bonds is 3. The first-order valence-corrected chi connectivity index (χ1v) is 5.50. The highest BCUT2D eigenvalue weighted by molar-refractivity contribution is 5.76. The number of piperidine rings is 1. The summed E-state index contributed by atoms with van der Waals surface area (Å²) >= 11 is 0. The summed E-state index contributed by atoms with van der Waals surface area (Å²) in [7, 11) is 1.84. The van der Waals surface area contributed by atoms with Gasteiger partial charge in [-0.15, -0.1) is 0 Å². The Labute approximate surface area is 97.8 Å². The Bertz CT molecular complexity index is 271. The van der Waals surface area contributed by atoms with Crippen LogP contribution in [0.5, 0.6) is 0 Å². The third kappa shape index (κ3) is 5.36. The van der Waals surface area contributed by atoms with Crippen LogP contribution in [0.4, 0.5) is 13.2 Å². The molecule has 4 nitrogen and oxygen atoms in total. The summed E-state index contributed by atoms with van der Waals surface area (Å²) in [5, 5.41) is 12.1. The Kier molecular flexibility index (Phi) is 4.76. The molecule has 1 rings (SSSR count). The average Bonchev–Trinajstić information content (AvgIpc) is 2.18. The van der Waals surface area contributed by atoms with Gasteiger partial charge in [-0.1, -0.05) is 0 Å². The van der Waals surface area contributed by atoms with Crippen molar-refractivity contribution in [1.29, 1.82) is 0 Å². The van der Waals surface area contributed by atoms with Gasteiger partial charge in [-0.25, -0.2) is 0 Å². The largest absolute Gasteiger partial charge is 0.390 e. The molecule has 0 aromatic carbocycles. The number of hydrogen-bond acceptors (Lipinski definition) is 3. The molecule has 1 fully saturated rings. The van der Waals surface area contributed by atoms with E-state index in [0.717, 1.165) is 0 Å². The van der Waals surface area contributed by atoms with Crippen LogP contribution in [0.2, 0.25) is 0 Å². The maximum atomic E-state index is 11.9. The number of β-amino-alcohol motifs (C(OH)–C–C–N with tert-alkyl or cyclic N) is 1. The third-order valence-electron chi connectivity index (χ3n) is 2.77. The number of carbonyl (C=O) groups is 1. The zero-order valence-electron chi connectivity index (χ0n) is 9.63. The van der Waals surface area contributed by atoms with Crippen LogP contribution in [0.3, 0.4) is 0 Å². The van der Waals surface area contributed by atoms with Crippen LogP contribution in [-0.2, 0) is 4.79 Å². The van der Waals surface area contributed by atoms with E-state index in [1.807, 2.05) is 11.9 Å². The highest BCUT2D eigenvalue weighted by atomic mass is 19.4. The van der Waals surface area contributed by atoms with E-state index in [4.69, 9.17) is 0 Å². The smallest absolute Gasteiger partial charge is 0.389 e. The summed E-state index contributed by atoms with van der Waals surface area (Å²) in [4.78, 5) is 13.2. The van der Waals surface area contributed by atoms with Crippen LogP contribution < -0.4 is 5.32 Å². The van der Waals surface area contributed by atoms with Gasteiger partial charge in [0.25, 0.3) is 0 Å². The maximum Gasteiger partial charge on any atom is 0.389 e. The maximum absolute atomic E-state index is 11.9. The summed E-state index contributed by atoms with van der Waals surface area (Å²) in [5.41, 5.74) is 0. The molecule has 1 saturated heterocycles. The molecular formula is C10H17F3N2O2. The normalized spacial score (nSPS) is 26.9. The van der Waals surface area contributed by atoms with E-state index in [-0.39, 0.29) is 0 Å². The minimum atomic E-state index is -4.32. The molecule has 17 heavy (non-hydrogen) atoms. The van der Waals surface area contributed by atoms with E-state index in [1.165, 1.54) is 0 Å². The fourth-order valence-electron chi connectivity index (χ4n) is 1.79. The molecule has 0 aromatic rings. The molecule has 7 heteroatoms. The number of amides is 1. The lowest BCUT2D eigenvalue weighted by molar-refractivity contribution is -0.144. The highest BCUT2D eigenvalue weighted by Crippen LogP contribution is 2.21. The lowest BCUT2D eigenvalue weighted by Crippen LogP contribution is -2.53. The topological polar surface area (TPSA) is 52.6 Å². The van der Waals surface area contributed by atoms with Crippen molar-refractivity contribution in [2.45, 2.75) is 37.6 Å². The zero-order valence-corrected chi connectivity index (χ0v) is 9.63.